The molecule has 0 aliphatic heterocycles. The molecule has 0 saturated carbocycles. The first-order valence-corrected chi connectivity index (χ1v) is 9.91. The number of hydrogen-bond acceptors (Lipinski definition) is 6. The molecule has 0 bridgehead atoms. The quantitative estimate of drug-likeness (QED) is 0.402. The molecule has 170 valence electrons. The van der Waals surface area contributed by atoms with Crippen molar-refractivity contribution < 1.29 is 17.9 Å². The van der Waals surface area contributed by atoms with Crippen LogP contribution in [-0.2, 0) is 6.18 Å². The van der Waals surface area contributed by atoms with Gasteiger partial charge in [0.2, 0.25) is 5.82 Å². The Kier molecular flexibility index (Phi) is 5.72. The van der Waals surface area contributed by atoms with Gasteiger partial charge in [-0.2, -0.15) is 17.9 Å². The monoisotopic (exact) mass is 517 g/mol. The number of H-pyrrole nitrogens is 1. The number of nitrogens with one attached hydrogen (secondary N) is 1. The number of anilines is 1. The summed E-state index contributed by atoms with van der Waals surface area (Å²) in [6.07, 6.45) is -4.65. The lowest BCUT2D eigenvalue weighted by atomic mass is 10.2. The Morgan fingerprint density at radius 3 is 2.30 bits per heavy atom. The van der Waals surface area contributed by atoms with E-state index < -0.39 is 28.9 Å². The van der Waals surface area contributed by atoms with Crippen molar-refractivity contribution in [3.8, 4) is 17.2 Å². The number of halogens is 6. The summed E-state index contributed by atoms with van der Waals surface area (Å²) < 4.78 is 45.3. The van der Waals surface area contributed by atoms with Crippen molar-refractivity contribution in [2.24, 2.45) is 0 Å². The Balaban J connectivity index is 1.72. The molecule has 0 fully saturated rings. The molecule has 0 atom stereocenters. The molecule has 0 unspecified atom stereocenters. The summed E-state index contributed by atoms with van der Waals surface area (Å²) in [6, 6.07) is 7.33. The highest BCUT2D eigenvalue weighted by atomic mass is 35.5. The molecule has 14 heteroatoms. The Hall–Kier alpha value is -3.28. The van der Waals surface area contributed by atoms with Crippen LogP contribution >= 0.6 is 34.8 Å². The van der Waals surface area contributed by atoms with Crippen LogP contribution in [0, 0.1) is 0 Å². The summed E-state index contributed by atoms with van der Waals surface area (Å²) >= 11 is 18.5. The summed E-state index contributed by atoms with van der Waals surface area (Å²) in [7, 11) is 0. The number of rotatable bonds is 3. The van der Waals surface area contributed by atoms with E-state index in [1.54, 1.807) is 0 Å². The van der Waals surface area contributed by atoms with E-state index >= 15 is 0 Å². The molecule has 3 N–H and O–H groups in total. The zero-order valence-electron chi connectivity index (χ0n) is 15.9. The van der Waals surface area contributed by atoms with Crippen molar-refractivity contribution in [3.05, 3.63) is 78.0 Å². The molecule has 4 aromatic rings. The van der Waals surface area contributed by atoms with Gasteiger partial charge >= 0.3 is 11.9 Å². The van der Waals surface area contributed by atoms with Crippen LogP contribution in [0.3, 0.4) is 0 Å². The number of nitrogen functional groups attached to an aromatic ring is 1. The molecule has 2 aromatic heterocycles. The zero-order chi connectivity index (χ0) is 24.1. The normalized spacial score (nSPS) is 11.7. The van der Waals surface area contributed by atoms with Crippen molar-refractivity contribution in [2.45, 2.75) is 6.18 Å². The topological polar surface area (TPSA) is 116 Å². The standard InChI is InChI=1S/C19H9Cl3F3N5O3/c20-10-6-14(19(23,24)25)27-13-2-1-8(5-9(10)13)33-15-11(21)3-7(4-12(15)22)30-18(32)28-17(31)16(26)29-30/h1-6H,(H2,26,29)(H,28,31,32). The van der Waals surface area contributed by atoms with Gasteiger partial charge in [-0.3, -0.25) is 9.78 Å². The summed E-state index contributed by atoms with van der Waals surface area (Å²) in [5.41, 5.74) is 2.70. The smallest absolute Gasteiger partial charge is 0.433 e. The van der Waals surface area contributed by atoms with Gasteiger partial charge in [-0.05, 0) is 36.4 Å². The van der Waals surface area contributed by atoms with Crippen LogP contribution in [0.15, 0.2) is 46.0 Å². The van der Waals surface area contributed by atoms with Gasteiger partial charge in [0, 0.05) is 5.39 Å². The lowest BCUT2D eigenvalue weighted by molar-refractivity contribution is -0.140. The molecule has 0 aliphatic rings. The van der Waals surface area contributed by atoms with Crippen molar-refractivity contribution in [1.29, 1.82) is 0 Å². The predicted molar refractivity (Wildman–Crippen MR) is 117 cm³/mol. The van der Waals surface area contributed by atoms with Crippen LogP contribution in [0.1, 0.15) is 5.69 Å². The number of nitrogens with two attached hydrogens (primary N) is 1. The molecule has 0 amide bonds. The van der Waals surface area contributed by atoms with E-state index in [9.17, 15) is 22.8 Å². The number of aromatic amines is 1. The van der Waals surface area contributed by atoms with E-state index in [2.05, 4.69) is 10.1 Å². The molecule has 33 heavy (non-hydrogen) atoms. The van der Waals surface area contributed by atoms with E-state index in [4.69, 9.17) is 45.3 Å². The van der Waals surface area contributed by atoms with Gasteiger partial charge in [0.15, 0.2) is 5.75 Å². The van der Waals surface area contributed by atoms with Gasteiger partial charge in [0.05, 0.1) is 26.3 Å². The molecule has 0 saturated heterocycles. The third-order valence-corrected chi connectivity index (χ3v) is 5.20. The summed E-state index contributed by atoms with van der Waals surface area (Å²) in [4.78, 5) is 29.0. The molecule has 0 aliphatic carbocycles. The van der Waals surface area contributed by atoms with Crippen LogP contribution in [-0.4, -0.2) is 19.7 Å². The molecule has 2 aromatic carbocycles. The first-order valence-electron chi connectivity index (χ1n) is 8.78. The van der Waals surface area contributed by atoms with Crippen LogP contribution < -0.4 is 21.7 Å². The fourth-order valence-corrected chi connectivity index (χ4v) is 3.65. The highest BCUT2D eigenvalue weighted by Crippen LogP contribution is 2.40. The van der Waals surface area contributed by atoms with E-state index in [1.165, 1.54) is 30.3 Å². The van der Waals surface area contributed by atoms with Gasteiger partial charge in [-0.25, -0.2) is 9.78 Å². The Bertz CT molecular complexity index is 1510. The Labute approximate surface area is 196 Å². The minimum absolute atomic E-state index is 0.0100. The molecule has 0 radical (unpaired) electrons. The minimum atomic E-state index is -4.65. The second-order valence-corrected chi connectivity index (χ2v) is 7.78. The van der Waals surface area contributed by atoms with E-state index in [0.29, 0.717) is 6.07 Å². The number of nitrogens with zero attached hydrogens (tertiary/aromatic N) is 3. The minimum Gasteiger partial charge on any atom is -0.454 e. The fraction of sp³-hybridized carbons (Fsp3) is 0.0526. The van der Waals surface area contributed by atoms with E-state index in [0.717, 1.165) is 4.68 Å². The zero-order valence-corrected chi connectivity index (χ0v) is 18.1. The van der Waals surface area contributed by atoms with Crippen molar-refractivity contribution in [2.75, 3.05) is 5.73 Å². The van der Waals surface area contributed by atoms with Crippen molar-refractivity contribution >= 4 is 51.5 Å². The van der Waals surface area contributed by atoms with Gasteiger partial charge in [-0.15, -0.1) is 5.10 Å². The van der Waals surface area contributed by atoms with Crippen molar-refractivity contribution in [1.82, 2.24) is 19.7 Å². The maximum absolute atomic E-state index is 12.9. The number of fused-ring (bicyclic) bond motifs is 1. The van der Waals surface area contributed by atoms with E-state index in [-0.39, 0.29) is 43.2 Å². The predicted octanol–water partition coefficient (Wildman–Crippen LogP) is 4.82. The second kappa shape index (κ2) is 8.25. The summed E-state index contributed by atoms with van der Waals surface area (Å²) in [5, 5.41) is 3.65. The first kappa shape index (κ1) is 22.9. The highest BCUT2D eigenvalue weighted by Gasteiger charge is 2.33. The molecular weight excluding hydrogens is 510 g/mol. The maximum atomic E-state index is 12.9. The second-order valence-electron chi connectivity index (χ2n) is 6.56. The average molecular weight is 519 g/mol. The molecule has 0 spiro atoms. The first-order chi connectivity index (χ1) is 15.4. The van der Waals surface area contributed by atoms with Gasteiger partial charge in [-0.1, -0.05) is 34.8 Å². The lowest BCUT2D eigenvalue weighted by Gasteiger charge is -2.13. The van der Waals surface area contributed by atoms with Crippen LogP contribution in [0.2, 0.25) is 15.1 Å². The molecular formula is C19H9Cl3F3N5O3. The highest BCUT2D eigenvalue weighted by molar-refractivity contribution is 6.37. The maximum Gasteiger partial charge on any atom is 0.433 e. The largest absolute Gasteiger partial charge is 0.454 e. The number of pyridine rings is 1. The van der Waals surface area contributed by atoms with Crippen LogP contribution in [0.5, 0.6) is 11.5 Å². The third kappa shape index (κ3) is 4.47. The Morgan fingerprint density at radius 1 is 1.00 bits per heavy atom. The number of ether oxygens (including phenoxy) is 1. The average Bonchev–Trinajstić information content (AvgIpc) is 2.72. The fourth-order valence-electron chi connectivity index (χ4n) is 2.84. The summed E-state index contributed by atoms with van der Waals surface area (Å²) in [5.74, 6) is -0.300. The Morgan fingerprint density at radius 2 is 1.67 bits per heavy atom. The molecule has 2 heterocycles. The van der Waals surface area contributed by atoms with Gasteiger partial charge in [0.25, 0.3) is 5.56 Å². The lowest BCUT2D eigenvalue weighted by Crippen LogP contribution is -2.33. The van der Waals surface area contributed by atoms with Crippen LogP contribution in [0.4, 0.5) is 19.0 Å². The van der Waals surface area contributed by atoms with E-state index in [1.807, 2.05) is 4.98 Å². The molecule has 4 rings (SSSR count). The summed E-state index contributed by atoms with van der Waals surface area (Å²) in [6.45, 7) is 0. The van der Waals surface area contributed by atoms with Crippen molar-refractivity contribution in [3.63, 3.8) is 0 Å². The SMILES string of the molecule is Nc1nn(-c2cc(Cl)c(Oc3ccc4nc(C(F)(F)F)cc(Cl)c4c3)c(Cl)c2)c(=O)[nH]c1=O. The van der Waals surface area contributed by atoms with Gasteiger partial charge in [0.1, 0.15) is 11.4 Å². The van der Waals surface area contributed by atoms with Gasteiger partial charge < -0.3 is 10.5 Å². The third-order valence-electron chi connectivity index (χ3n) is 4.32. The number of hydrogen-bond donors (Lipinski definition) is 2. The van der Waals surface area contributed by atoms with Crippen LogP contribution in [0.25, 0.3) is 16.6 Å². The molecule has 8 nitrogen and oxygen atoms in total. The number of aromatic nitrogens is 4. The number of benzene rings is 2. The number of alkyl halides is 3.